The molecule has 0 radical (unpaired) electrons. The van der Waals surface area contributed by atoms with Crippen molar-refractivity contribution >= 4 is 70.9 Å². The van der Waals surface area contributed by atoms with Gasteiger partial charge in [-0.05, 0) is 164 Å². The van der Waals surface area contributed by atoms with Crippen LogP contribution in [0.25, 0.3) is 0 Å². The van der Waals surface area contributed by atoms with Crippen LogP contribution in [0.4, 0.5) is 35.1 Å². The number of halogens is 8. The van der Waals surface area contributed by atoms with Crippen molar-refractivity contribution in [1.29, 1.82) is 0 Å². The molecule has 4 saturated heterocycles. The number of nitrogens with one attached hydrogen (secondary N) is 3. The second-order valence-electron chi connectivity index (χ2n) is 32.7. The lowest BCUT2D eigenvalue weighted by atomic mass is 9.76. The van der Waals surface area contributed by atoms with E-state index in [4.69, 9.17) is 0 Å². The highest BCUT2D eigenvalue weighted by molar-refractivity contribution is 6.01. The third-order valence-electron chi connectivity index (χ3n) is 24.8. The smallest absolute Gasteiger partial charge is 0.343 e. The predicted octanol–water partition coefficient (Wildman–Crippen LogP) is 7.09. The molecule has 4 heterocycles. The van der Waals surface area contributed by atoms with Gasteiger partial charge >= 0.3 is 12.4 Å². The summed E-state index contributed by atoms with van der Waals surface area (Å²) in [5.74, 6) is -16.2. The second kappa shape index (κ2) is 36.7. The molecule has 2 unspecified atom stereocenters. The van der Waals surface area contributed by atoms with E-state index in [9.17, 15) is 50.3 Å². The van der Waals surface area contributed by atoms with Gasteiger partial charge in [-0.1, -0.05) is 59.8 Å². The van der Waals surface area contributed by atoms with Gasteiger partial charge in [0.25, 0.3) is 0 Å². The van der Waals surface area contributed by atoms with E-state index < -0.39 is 224 Å². The normalized spacial score (nSPS) is 32.1. The van der Waals surface area contributed by atoms with Gasteiger partial charge in [0.05, 0.1) is 25.4 Å². The molecule has 1 spiro atoms. The van der Waals surface area contributed by atoms with E-state index in [2.05, 4.69) is 16.0 Å². The van der Waals surface area contributed by atoms with Gasteiger partial charge in [-0.3, -0.25) is 57.5 Å². The Morgan fingerprint density at radius 2 is 1.12 bits per heavy atom. The van der Waals surface area contributed by atoms with E-state index in [1.807, 2.05) is 13.8 Å². The third-order valence-corrected chi connectivity index (χ3v) is 24.8. The largest absolute Gasteiger partial charge is 0.397 e. The average molecular weight is 1530 g/mol. The maximum atomic E-state index is 15.7. The van der Waals surface area contributed by atoms with Crippen LogP contribution in [0.3, 0.4) is 0 Å². The van der Waals surface area contributed by atoms with Gasteiger partial charge in [0.2, 0.25) is 70.9 Å². The molecule has 8 aliphatic rings. The van der Waals surface area contributed by atoms with Gasteiger partial charge in [0.1, 0.15) is 72.1 Å². The quantitative estimate of drug-likeness (QED) is 0.175. The molecule has 0 aromatic heterocycles. The van der Waals surface area contributed by atoms with Crippen LogP contribution >= 0.6 is 0 Å². The fourth-order valence-corrected chi connectivity index (χ4v) is 18.1. The van der Waals surface area contributed by atoms with Crippen LogP contribution in [0.5, 0.6) is 0 Å². The van der Waals surface area contributed by atoms with Crippen molar-refractivity contribution in [1.82, 2.24) is 60.0 Å². The minimum atomic E-state index is -5.20. The van der Waals surface area contributed by atoms with Crippen LogP contribution in [0, 0.1) is 41.4 Å². The highest BCUT2D eigenvalue weighted by atomic mass is 19.4. The predicted molar refractivity (Wildman–Crippen MR) is 378 cm³/mol. The van der Waals surface area contributed by atoms with E-state index >= 15 is 42.3 Å². The molecule has 0 aromatic carbocycles. The summed E-state index contributed by atoms with van der Waals surface area (Å²) in [5.41, 5.74) is -1.66. The van der Waals surface area contributed by atoms with Gasteiger partial charge in [0.15, 0.2) is 0 Å². The molecule has 8 rings (SSSR count). The maximum Gasteiger partial charge on any atom is 0.397 e. The third kappa shape index (κ3) is 20.6. The van der Waals surface area contributed by atoms with Crippen molar-refractivity contribution < 1.29 is 92.7 Å². The number of likely N-dealkylation sites (N-methyl/N-ethyl adjacent to an activating group) is 6. The summed E-state index contributed by atoms with van der Waals surface area (Å²) in [6.07, 6.45) is -12.2. The lowest BCUT2D eigenvalue weighted by Crippen LogP contribution is -2.65. The Balaban J connectivity index is 1.18. The number of alkyl halides is 8. The van der Waals surface area contributed by atoms with E-state index in [1.54, 1.807) is 18.7 Å². The summed E-state index contributed by atoms with van der Waals surface area (Å²) < 4.78 is 115. The Labute approximate surface area is 623 Å². The molecule has 4 aliphatic carbocycles. The molecule has 24 nitrogen and oxygen atoms in total. The maximum absolute atomic E-state index is 15.7. The number of amides is 12. The van der Waals surface area contributed by atoms with Crippen LogP contribution < -0.4 is 16.0 Å². The first-order valence-electron chi connectivity index (χ1n) is 39.1. The van der Waals surface area contributed by atoms with Crippen LogP contribution in [0.1, 0.15) is 201 Å². The van der Waals surface area contributed by atoms with Crippen molar-refractivity contribution in [3.63, 3.8) is 0 Å². The molecule has 3 N–H and O–H groups in total. The van der Waals surface area contributed by atoms with Crippen molar-refractivity contribution in [3.05, 3.63) is 0 Å². The SMILES string of the molecule is CC[C@H](C)[C@@H]1NC(=O)[C@H](CC(C)C)N(C)C(=O)C[C@@H](C(=O)N2CCCC2)N(C)C(=O)[C@H](C2CCCC2)N(C)C(=O)C2(CCCC2)NC(=O)[C@@H]2CCCN2C(=O)[C@H](CCC2CC(F)C(C(F)(F)F)C(F)C2)NC(=O)CN(C)C(=O)[C@H](CC2CCC(C(F)(F)F)CC2)N2CCCC[C@@H](C2=O)N(C)C(=O)CN(C)C1=O. The minimum absolute atomic E-state index is 0.0206. The van der Waals surface area contributed by atoms with E-state index in [1.165, 1.54) is 66.8 Å². The monoisotopic (exact) mass is 1530 g/mol. The van der Waals surface area contributed by atoms with Crippen LogP contribution in [-0.4, -0.2) is 275 Å². The van der Waals surface area contributed by atoms with Crippen molar-refractivity contribution in [2.75, 3.05) is 81.6 Å². The topological polar surface area (TPSA) is 270 Å². The average Bonchev–Trinajstić information content (AvgIpc) is 1.72. The molecular weight excluding hydrogens is 1410 g/mol. The number of likely N-dealkylation sites (tertiary alicyclic amines) is 1. The minimum Gasteiger partial charge on any atom is -0.343 e. The van der Waals surface area contributed by atoms with Crippen LogP contribution in [0.15, 0.2) is 0 Å². The first-order valence-corrected chi connectivity index (χ1v) is 39.1. The lowest BCUT2D eigenvalue weighted by Gasteiger charge is -2.42. The highest BCUT2D eigenvalue weighted by Gasteiger charge is 2.56. The Hall–Kier alpha value is -6.92. The fourth-order valence-electron chi connectivity index (χ4n) is 18.1. The Morgan fingerprint density at radius 3 is 1.71 bits per heavy atom. The van der Waals surface area contributed by atoms with Gasteiger partial charge < -0.3 is 60.0 Å². The van der Waals surface area contributed by atoms with E-state index in [0.29, 0.717) is 83.7 Å². The Kier molecular flexibility index (Phi) is 29.4. The summed E-state index contributed by atoms with van der Waals surface area (Å²) in [5, 5.41) is 8.53. The summed E-state index contributed by atoms with van der Waals surface area (Å²) in [6, 6.07) is -10.8. The van der Waals surface area contributed by atoms with Gasteiger partial charge in [-0.25, -0.2) is 8.78 Å². The zero-order chi connectivity index (χ0) is 78.9. The molecule has 32 heteroatoms. The van der Waals surface area contributed by atoms with Gasteiger partial charge in [0, 0.05) is 68.5 Å². The molecule has 4 saturated carbocycles. The Bertz CT molecular complexity index is 3170. The zero-order valence-electron chi connectivity index (χ0n) is 64.1. The fraction of sp³-hybridized carbons (Fsp3) is 0.840. The second-order valence-corrected chi connectivity index (χ2v) is 32.7. The molecule has 12 amide bonds. The van der Waals surface area contributed by atoms with Crippen molar-refractivity contribution in [2.45, 2.75) is 280 Å². The number of carbonyl (C=O) groups is 12. The summed E-state index contributed by atoms with van der Waals surface area (Å²) >= 11 is 0. The van der Waals surface area contributed by atoms with Crippen LogP contribution in [0.2, 0.25) is 0 Å². The number of carbonyl (C=O) groups excluding carboxylic acids is 12. The highest BCUT2D eigenvalue weighted by Crippen LogP contribution is 2.46. The molecule has 0 aromatic rings. The van der Waals surface area contributed by atoms with E-state index in [-0.39, 0.29) is 96.1 Å². The number of nitrogens with zero attached hydrogens (tertiary/aromatic N) is 9. The van der Waals surface area contributed by atoms with E-state index in [0.717, 1.165) is 14.7 Å². The molecule has 107 heavy (non-hydrogen) atoms. The number of hydrogen-bond donors (Lipinski definition) is 3. The zero-order valence-corrected chi connectivity index (χ0v) is 64.1. The summed E-state index contributed by atoms with van der Waals surface area (Å²) in [4.78, 5) is 192. The van der Waals surface area contributed by atoms with Crippen LogP contribution in [-0.2, 0) is 57.5 Å². The molecule has 4 aliphatic heterocycles. The van der Waals surface area contributed by atoms with Crippen molar-refractivity contribution in [2.24, 2.45) is 41.4 Å². The molecular formula is C75H116F8N12O12. The number of hydrogen-bond acceptors (Lipinski definition) is 12. The lowest BCUT2D eigenvalue weighted by molar-refractivity contribution is -0.219. The molecule has 604 valence electrons. The van der Waals surface area contributed by atoms with Gasteiger partial charge in [-0.2, -0.15) is 26.3 Å². The number of rotatable bonds is 11. The number of fused-ring (bicyclic) bond motifs is 3. The van der Waals surface area contributed by atoms with Gasteiger partial charge in [-0.15, -0.1) is 0 Å². The van der Waals surface area contributed by atoms with Crippen molar-refractivity contribution in [3.8, 4) is 0 Å². The molecule has 8 fully saturated rings. The summed E-state index contributed by atoms with van der Waals surface area (Å²) in [6.45, 7) is 6.26. The molecule has 11 atom stereocenters. The first kappa shape index (κ1) is 85.7. The molecule has 2 bridgehead atoms. The summed E-state index contributed by atoms with van der Waals surface area (Å²) in [7, 11) is 8.21. The Morgan fingerprint density at radius 1 is 0.542 bits per heavy atom. The first-order chi connectivity index (χ1) is 50.3. The standard InChI is InChI=1S/C75H116F8N12O12/c1-11-45(4)62-70(105)88(6)43-60(98)89(7)54-23-14-17-35-95(69(54)104)57(40-46-25-28-49(29-26-46)74(78,79)80)67(102)87(5)42-58(96)84-52(30-27-47-38-50(76)61(51(77)39-47)75(81,82)83)66(101)94-36-20-24-53(94)65(100)86-73(31-15-16-32-73)72(107)92(10)63(48-21-12-13-22-48)71(106)91(9)56(68(103)93-33-18-19-34-93)41-59(97)90(8)55(37-44(2)3)64(99)85-62/h44-57,61-63H,11-43H2,1-10H3,(H,84,96)(H,85,99)(H,86,100)/t45-,46?,47?,49?,50?,51?,52-,53-,54-,55-,56-,57-,61?,62-,63-/m0/s1.